The van der Waals surface area contributed by atoms with Gasteiger partial charge in [-0.05, 0) is 23.6 Å². The summed E-state index contributed by atoms with van der Waals surface area (Å²) in [6.45, 7) is 4.50. The van der Waals surface area contributed by atoms with E-state index in [0.717, 1.165) is 10.5 Å². The van der Waals surface area contributed by atoms with Gasteiger partial charge in [-0.25, -0.2) is 0 Å². The Labute approximate surface area is 140 Å². The van der Waals surface area contributed by atoms with Crippen molar-refractivity contribution in [2.24, 2.45) is 5.92 Å². The summed E-state index contributed by atoms with van der Waals surface area (Å²) in [7, 11) is -1.08. The van der Waals surface area contributed by atoms with E-state index in [2.05, 4.69) is 5.32 Å². The average molecular weight is 329 g/mol. The van der Waals surface area contributed by atoms with Gasteiger partial charge < -0.3 is 5.32 Å². The number of carbonyl (C=O) groups excluding carboxylic acids is 1. The molecular formula is C19H23NO2S. The van der Waals surface area contributed by atoms with Gasteiger partial charge in [-0.15, -0.1) is 0 Å². The fraction of sp³-hybridized carbons (Fsp3) is 0.316. The Bertz CT molecular complexity index is 641. The van der Waals surface area contributed by atoms with Gasteiger partial charge in [0.25, 0.3) is 0 Å². The molecule has 0 aromatic heterocycles. The highest BCUT2D eigenvalue weighted by atomic mass is 32.2. The van der Waals surface area contributed by atoms with Crippen molar-refractivity contribution in [2.75, 3.05) is 12.3 Å². The smallest absolute Gasteiger partial charge is 0.227 e. The normalized spacial score (nSPS) is 13.5. The van der Waals surface area contributed by atoms with Crippen molar-refractivity contribution < 1.29 is 9.00 Å². The van der Waals surface area contributed by atoms with Crippen LogP contribution in [0.4, 0.5) is 0 Å². The molecule has 0 aliphatic heterocycles. The van der Waals surface area contributed by atoms with Gasteiger partial charge in [-0.2, -0.15) is 0 Å². The molecule has 0 heterocycles. The minimum Gasteiger partial charge on any atom is -0.355 e. The van der Waals surface area contributed by atoms with E-state index in [4.69, 9.17) is 0 Å². The molecule has 0 unspecified atom stereocenters. The third-order valence-corrected chi connectivity index (χ3v) is 5.07. The SMILES string of the molecule is CC(C)[C@H](C(=O)NCC[S@](=O)c1ccccc1)c1ccccc1. The lowest BCUT2D eigenvalue weighted by molar-refractivity contribution is -0.123. The van der Waals surface area contributed by atoms with Crippen LogP contribution in [0.15, 0.2) is 65.6 Å². The Hall–Kier alpha value is -1.94. The van der Waals surface area contributed by atoms with Crippen molar-refractivity contribution in [3.63, 3.8) is 0 Å². The quantitative estimate of drug-likeness (QED) is 0.847. The molecule has 122 valence electrons. The van der Waals surface area contributed by atoms with Crippen LogP contribution < -0.4 is 5.32 Å². The molecular weight excluding hydrogens is 306 g/mol. The first-order valence-electron chi connectivity index (χ1n) is 7.85. The zero-order chi connectivity index (χ0) is 16.7. The maximum absolute atomic E-state index is 12.5. The van der Waals surface area contributed by atoms with Crippen LogP contribution in [0.1, 0.15) is 25.3 Å². The molecule has 2 aromatic carbocycles. The van der Waals surface area contributed by atoms with Gasteiger partial charge in [-0.1, -0.05) is 62.4 Å². The van der Waals surface area contributed by atoms with Crippen molar-refractivity contribution in [1.82, 2.24) is 5.32 Å². The van der Waals surface area contributed by atoms with Gasteiger partial charge in [0, 0.05) is 17.2 Å². The number of carbonyl (C=O) groups is 1. The van der Waals surface area contributed by atoms with Crippen molar-refractivity contribution >= 4 is 16.7 Å². The van der Waals surface area contributed by atoms with Crippen LogP contribution in [-0.2, 0) is 15.6 Å². The molecule has 0 aliphatic carbocycles. The van der Waals surface area contributed by atoms with Crippen molar-refractivity contribution in [3.8, 4) is 0 Å². The van der Waals surface area contributed by atoms with Gasteiger partial charge in [0.2, 0.25) is 5.91 Å². The Kier molecular flexibility index (Phi) is 6.53. The molecule has 0 aliphatic rings. The maximum atomic E-state index is 12.5. The number of amides is 1. The molecule has 0 spiro atoms. The number of hydrogen-bond acceptors (Lipinski definition) is 2. The van der Waals surface area contributed by atoms with E-state index in [9.17, 15) is 9.00 Å². The summed E-state index contributed by atoms with van der Waals surface area (Å²) in [5.74, 6) is 0.449. The Morgan fingerprint density at radius 1 is 1.00 bits per heavy atom. The van der Waals surface area contributed by atoms with Gasteiger partial charge in [-0.3, -0.25) is 9.00 Å². The summed E-state index contributed by atoms with van der Waals surface area (Å²) in [4.78, 5) is 13.3. The summed E-state index contributed by atoms with van der Waals surface area (Å²) >= 11 is 0. The molecule has 1 amide bonds. The van der Waals surface area contributed by atoms with Crippen molar-refractivity contribution in [2.45, 2.75) is 24.7 Å². The van der Waals surface area contributed by atoms with Gasteiger partial charge >= 0.3 is 0 Å². The summed E-state index contributed by atoms with van der Waals surface area (Å²) in [6.07, 6.45) is 0. The van der Waals surface area contributed by atoms with E-state index in [0.29, 0.717) is 12.3 Å². The highest BCUT2D eigenvalue weighted by Gasteiger charge is 2.23. The molecule has 0 fully saturated rings. The number of rotatable bonds is 7. The van der Waals surface area contributed by atoms with Gasteiger partial charge in [0.15, 0.2) is 0 Å². The molecule has 2 aromatic rings. The van der Waals surface area contributed by atoms with Crippen LogP contribution in [0.5, 0.6) is 0 Å². The molecule has 0 bridgehead atoms. The van der Waals surface area contributed by atoms with Crippen molar-refractivity contribution in [3.05, 3.63) is 66.2 Å². The minimum absolute atomic E-state index is 0.00346. The Balaban J connectivity index is 1.91. The Morgan fingerprint density at radius 2 is 1.57 bits per heavy atom. The molecule has 4 heteroatoms. The zero-order valence-electron chi connectivity index (χ0n) is 13.6. The second-order valence-electron chi connectivity index (χ2n) is 5.79. The van der Waals surface area contributed by atoms with E-state index in [1.807, 2.05) is 74.5 Å². The summed E-state index contributed by atoms with van der Waals surface area (Å²) in [5, 5.41) is 2.93. The summed E-state index contributed by atoms with van der Waals surface area (Å²) in [5.41, 5.74) is 1.02. The van der Waals surface area contributed by atoms with E-state index in [-0.39, 0.29) is 17.7 Å². The highest BCUT2D eigenvalue weighted by Crippen LogP contribution is 2.24. The fourth-order valence-electron chi connectivity index (χ4n) is 2.57. The van der Waals surface area contributed by atoms with Gasteiger partial charge in [0.1, 0.15) is 0 Å². The van der Waals surface area contributed by atoms with Crippen molar-refractivity contribution in [1.29, 1.82) is 0 Å². The van der Waals surface area contributed by atoms with Gasteiger partial charge in [0.05, 0.1) is 16.7 Å². The Morgan fingerprint density at radius 3 is 2.13 bits per heavy atom. The molecule has 3 nitrogen and oxygen atoms in total. The molecule has 23 heavy (non-hydrogen) atoms. The number of benzene rings is 2. The molecule has 0 saturated heterocycles. The average Bonchev–Trinajstić information content (AvgIpc) is 2.56. The lowest BCUT2D eigenvalue weighted by Crippen LogP contribution is -2.34. The fourth-order valence-corrected chi connectivity index (χ4v) is 3.55. The standard InChI is InChI=1S/C19H23NO2S/c1-15(2)18(16-9-5-3-6-10-16)19(21)20-13-14-23(22)17-11-7-4-8-12-17/h3-12,15,18H,13-14H2,1-2H3,(H,20,21)/t18-,23-/m0/s1. The lowest BCUT2D eigenvalue weighted by Gasteiger charge is -2.20. The molecule has 2 rings (SSSR count). The topological polar surface area (TPSA) is 46.2 Å². The van der Waals surface area contributed by atoms with Crippen LogP contribution in [0.2, 0.25) is 0 Å². The van der Waals surface area contributed by atoms with Crippen LogP contribution >= 0.6 is 0 Å². The first kappa shape index (κ1) is 17.4. The van der Waals surface area contributed by atoms with Crippen LogP contribution in [0, 0.1) is 5.92 Å². The predicted octanol–water partition coefficient (Wildman–Crippen LogP) is 3.35. The third-order valence-electron chi connectivity index (χ3n) is 3.70. The second kappa shape index (κ2) is 8.63. The van der Waals surface area contributed by atoms with E-state index in [1.165, 1.54) is 0 Å². The molecule has 0 radical (unpaired) electrons. The maximum Gasteiger partial charge on any atom is 0.227 e. The molecule has 1 N–H and O–H groups in total. The highest BCUT2D eigenvalue weighted by molar-refractivity contribution is 7.85. The first-order valence-corrected chi connectivity index (χ1v) is 9.17. The summed E-state index contributed by atoms with van der Waals surface area (Å²) < 4.78 is 12.2. The molecule has 0 saturated carbocycles. The van der Waals surface area contributed by atoms with Crippen LogP contribution in [-0.4, -0.2) is 22.4 Å². The summed E-state index contributed by atoms with van der Waals surface area (Å²) in [6, 6.07) is 19.1. The zero-order valence-corrected chi connectivity index (χ0v) is 14.4. The van der Waals surface area contributed by atoms with E-state index < -0.39 is 10.8 Å². The number of hydrogen-bond donors (Lipinski definition) is 1. The predicted molar refractivity (Wildman–Crippen MR) is 94.7 cm³/mol. The van der Waals surface area contributed by atoms with E-state index in [1.54, 1.807) is 0 Å². The van der Waals surface area contributed by atoms with Crippen LogP contribution in [0.3, 0.4) is 0 Å². The minimum atomic E-state index is -1.08. The molecule has 2 atom stereocenters. The monoisotopic (exact) mass is 329 g/mol. The largest absolute Gasteiger partial charge is 0.355 e. The second-order valence-corrected chi connectivity index (χ2v) is 7.36. The van der Waals surface area contributed by atoms with Crippen LogP contribution in [0.25, 0.3) is 0 Å². The third kappa shape index (κ3) is 5.03. The first-order chi connectivity index (χ1) is 11.1. The number of nitrogens with one attached hydrogen (secondary N) is 1. The lowest BCUT2D eigenvalue weighted by atomic mass is 9.88. The van der Waals surface area contributed by atoms with E-state index >= 15 is 0 Å².